The van der Waals surface area contributed by atoms with Crippen LogP contribution in [0, 0.1) is 10.1 Å². The Balaban J connectivity index is 2.27. The highest BCUT2D eigenvalue weighted by molar-refractivity contribution is 6.06. The van der Waals surface area contributed by atoms with Gasteiger partial charge in [-0.25, -0.2) is 0 Å². The number of furan rings is 1. The maximum Gasteiger partial charge on any atom is 0.325 e. The molecule has 140 valence electrons. The summed E-state index contributed by atoms with van der Waals surface area (Å²) in [6.45, 7) is 1.26. The van der Waals surface area contributed by atoms with Gasteiger partial charge in [-0.3, -0.25) is 24.5 Å². The van der Waals surface area contributed by atoms with Gasteiger partial charge in [-0.05, 0) is 25.1 Å². The molecule has 0 bridgehead atoms. The molecule has 1 heterocycles. The van der Waals surface area contributed by atoms with Crippen LogP contribution in [0.3, 0.4) is 0 Å². The zero-order valence-corrected chi connectivity index (χ0v) is 14.0. The van der Waals surface area contributed by atoms with Crippen molar-refractivity contribution in [1.82, 2.24) is 10.6 Å². The maximum absolute atomic E-state index is 12.4. The Morgan fingerprint density at radius 1 is 1.26 bits per heavy atom. The lowest BCUT2D eigenvalue weighted by molar-refractivity contribution is -0.384. The van der Waals surface area contributed by atoms with Crippen molar-refractivity contribution in [3.8, 4) is 0 Å². The number of nitrogens with zero attached hydrogens (tertiary/aromatic N) is 1. The number of aliphatic carboxylic acids is 1. The van der Waals surface area contributed by atoms with Crippen LogP contribution in [0.25, 0.3) is 6.08 Å². The predicted molar refractivity (Wildman–Crippen MR) is 92.5 cm³/mol. The molecule has 0 aliphatic heterocycles. The van der Waals surface area contributed by atoms with E-state index in [4.69, 9.17) is 9.52 Å². The van der Waals surface area contributed by atoms with Crippen molar-refractivity contribution in [2.75, 3.05) is 0 Å². The fraction of sp³-hybridized carbons (Fsp3) is 0.118. The molecule has 1 aromatic carbocycles. The van der Waals surface area contributed by atoms with Gasteiger partial charge in [0, 0.05) is 23.8 Å². The quantitative estimate of drug-likeness (QED) is 0.378. The normalized spacial score (nSPS) is 12.1. The molecule has 2 rings (SSSR count). The van der Waals surface area contributed by atoms with Crippen molar-refractivity contribution >= 4 is 29.5 Å². The highest BCUT2D eigenvalue weighted by atomic mass is 16.6. The number of amides is 2. The molecule has 2 amide bonds. The smallest absolute Gasteiger partial charge is 0.325 e. The van der Waals surface area contributed by atoms with Crippen LogP contribution in [0.1, 0.15) is 23.0 Å². The Labute approximate surface area is 152 Å². The molecular formula is C17H15N3O7. The van der Waals surface area contributed by atoms with Crippen LogP contribution in [-0.2, 0) is 9.59 Å². The van der Waals surface area contributed by atoms with Crippen molar-refractivity contribution in [3.63, 3.8) is 0 Å². The summed E-state index contributed by atoms with van der Waals surface area (Å²) >= 11 is 0. The van der Waals surface area contributed by atoms with Crippen LogP contribution >= 0.6 is 0 Å². The largest absolute Gasteiger partial charge is 0.480 e. The van der Waals surface area contributed by atoms with Crippen LogP contribution in [-0.4, -0.2) is 33.9 Å². The average Bonchev–Trinajstić information content (AvgIpc) is 3.14. The van der Waals surface area contributed by atoms with Gasteiger partial charge in [0.15, 0.2) is 0 Å². The van der Waals surface area contributed by atoms with Crippen molar-refractivity contribution < 1.29 is 28.8 Å². The average molecular weight is 373 g/mol. The molecule has 1 unspecified atom stereocenters. The molecule has 10 nitrogen and oxygen atoms in total. The van der Waals surface area contributed by atoms with Crippen LogP contribution < -0.4 is 10.6 Å². The summed E-state index contributed by atoms with van der Waals surface area (Å²) in [5.41, 5.74) is -0.619. The van der Waals surface area contributed by atoms with Crippen LogP contribution in [0.5, 0.6) is 0 Å². The minimum Gasteiger partial charge on any atom is -0.480 e. The molecule has 1 aromatic heterocycles. The van der Waals surface area contributed by atoms with E-state index >= 15 is 0 Å². The fourth-order valence-electron chi connectivity index (χ4n) is 1.97. The summed E-state index contributed by atoms with van der Waals surface area (Å²) in [5.74, 6) is -2.66. The van der Waals surface area contributed by atoms with Crippen molar-refractivity contribution in [1.29, 1.82) is 0 Å². The van der Waals surface area contributed by atoms with Crippen molar-refractivity contribution in [2.45, 2.75) is 13.0 Å². The van der Waals surface area contributed by atoms with Crippen molar-refractivity contribution in [2.24, 2.45) is 0 Å². The van der Waals surface area contributed by atoms with Gasteiger partial charge in [0.2, 0.25) is 0 Å². The molecular weight excluding hydrogens is 358 g/mol. The van der Waals surface area contributed by atoms with E-state index in [1.165, 1.54) is 43.5 Å². The van der Waals surface area contributed by atoms with Crippen LogP contribution in [0.2, 0.25) is 0 Å². The molecule has 0 fully saturated rings. The van der Waals surface area contributed by atoms with Gasteiger partial charge in [-0.2, -0.15) is 0 Å². The number of nitrogens with one attached hydrogen (secondary N) is 2. The van der Waals surface area contributed by atoms with E-state index in [0.717, 1.165) is 6.07 Å². The van der Waals surface area contributed by atoms with E-state index in [0.29, 0.717) is 0 Å². The zero-order chi connectivity index (χ0) is 20.0. The third-order valence-electron chi connectivity index (χ3n) is 3.36. The minimum absolute atomic E-state index is 0.0476. The van der Waals surface area contributed by atoms with Crippen LogP contribution in [0.15, 0.2) is 52.8 Å². The highest BCUT2D eigenvalue weighted by Crippen LogP contribution is 2.14. The van der Waals surface area contributed by atoms with Gasteiger partial charge in [0.25, 0.3) is 17.5 Å². The number of benzene rings is 1. The van der Waals surface area contributed by atoms with E-state index in [9.17, 15) is 24.5 Å². The summed E-state index contributed by atoms with van der Waals surface area (Å²) in [7, 11) is 0. The molecule has 0 saturated carbocycles. The first kappa shape index (κ1) is 19.4. The van der Waals surface area contributed by atoms with Gasteiger partial charge in [-0.1, -0.05) is 6.07 Å². The number of hydrogen-bond acceptors (Lipinski definition) is 6. The molecule has 0 saturated heterocycles. The molecule has 3 N–H and O–H groups in total. The number of non-ortho nitro benzene ring substituents is 1. The van der Waals surface area contributed by atoms with E-state index in [-0.39, 0.29) is 22.7 Å². The molecule has 0 radical (unpaired) electrons. The molecule has 0 aliphatic carbocycles. The van der Waals surface area contributed by atoms with Crippen molar-refractivity contribution in [3.05, 3.63) is 69.8 Å². The summed E-state index contributed by atoms with van der Waals surface area (Å²) in [4.78, 5) is 45.8. The Kier molecular flexibility index (Phi) is 6.05. The molecule has 0 aliphatic rings. The third-order valence-corrected chi connectivity index (χ3v) is 3.36. The summed E-state index contributed by atoms with van der Waals surface area (Å²) < 4.78 is 5.09. The summed E-state index contributed by atoms with van der Waals surface area (Å²) in [5, 5.41) is 24.3. The highest BCUT2D eigenvalue weighted by Gasteiger charge is 2.20. The second-order valence-electron chi connectivity index (χ2n) is 5.37. The molecule has 0 spiro atoms. The number of hydrogen-bond donors (Lipinski definition) is 3. The Bertz CT molecular complexity index is 903. The lowest BCUT2D eigenvalue weighted by atomic mass is 10.2. The Hall–Kier alpha value is -3.95. The van der Waals surface area contributed by atoms with E-state index in [2.05, 4.69) is 10.6 Å². The second kappa shape index (κ2) is 8.43. The first-order valence-electron chi connectivity index (χ1n) is 7.62. The zero-order valence-electron chi connectivity index (χ0n) is 14.0. The molecule has 27 heavy (non-hydrogen) atoms. The lowest BCUT2D eigenvalue weighted by Gasteiger charge is -2.13. The standard InChI is InChI=1S/C17H15N3O7/c1-10(17(23)24)18-16(22)14(9-13-6-3-7-27-13)19-15(21)11-4-2-5-12(8-11)20(25)26/h2-10H,1H3,(H,18,22)(H,19,21)(H,23,24)/b14-9-. The number of nitro benzene ring substituents is 1. The first-order chi connectivity index (χ1) is 12.8. The molecule has 2 aromatic rings. The number of carbonyl (C=O) groups is 3. The Morgan fingerprint density at radius 2 is 2.00 bits per heavy atom. The minimum atomic E-state index is -1.26. The topological polar surface area (TPSA) is 152 Å². The summed E-state index contributed by atoms with van der Waals surface area (Å²) in [6.07, 6.45) is 2.56. The van der Waals surface area contributed by atoms with Gasteiger partial charge in [0.05, 0.1) is 11.2 Å². The van der Waals surface area contributed by atoms with E-state index in [1.54, 1.807) is 6.07 Å². The maximum atomic E-state index is 12.4. The fourth-order valence-corrected chi connectivity index (χ4v) is 1.97. The monoisotopic (exact) mass is 373 g/mol. The Morgan fingerprint density at radius 3 is 2.59 bits per heavy atom. The number of carboxylic acids is 1. The van der Waals surface area contributed by atoms with E-state index in [1.807, 2.05) is 0 Å². The van der Waals surface area contributed by atoms with Gasteiger partial charge in [0.1, 0.15) is 17.5 Å². The lowest BCUT2D eigenvalue weighted by Crippen LogP contribution is -2.42. The summed E-state index contributed by atoms with van der Waals surface area (Å²) in [6, 6.07) is 6.82. The van der Waals surface area contributed by atoms with Crippen LogP contribution in [0.4, 0.5) is 5.69 Å². The predicted octanol–water partition coefficient (Wildman–Crippen LogP) is 1.55. The molecule has 1 atom stereocenters. The molecule has 10 heteroatoms. The van der Waals surface area contributed by atoms with Gasteiger partial charge < -0.3 is 20.2 Å². The first-order valence-corrected chi connectivity index (χ1v) is 7.62. The number of carbonyl (C=O) groups excluding carboxylic acids is 2. The second-order valence-corrected chi connectivity index (χ2v) is 5.37. The van der Waals surface area contributed by atoms with Gasteiger partial charge in [-0.15, -0.1) is 0 Å². The third kappa shape index (κ3) is 5.26. The van der Waals surface area contributed by atoms with Gasteiger partial charge >= 0.3 is 5.97 Å². The number of nitro groups is 1. The van der Waals surface area contributed by atoms with E-state index < -0.39 is 28.7 Å². The number of carboxylic acid groups (broad SMARTS) is 1. The SMILES string of the molecule is CC(NC(=O)/C(=C/c1ccco1)NC(=O)c1cccc([N+](=O)[O-])c1)C(=O)O. The number of rotatable bonds is 7.